The molecule has 3 rings (SSSR count). The Morgan fingerprint density at radius 2 is 1.92 bits per heavy atom. The first-order valence-electron chi connectivity index (χ1n) is 6.87. The molecule has 0 saturated heterocycles. The van der Waals surface area contributed by atoms with Gasteiger partial charge < -0.3 is 9.63 Å². The van der Waals surface area contributed by atoms with Gasteiger partial charge in [0, 0.05) is 16.7 Å². The number of hydrogen-bond donors (Lipinski definition) is 0. The van der Waals surface area contributed by atoms with Gasteiger partial charge in [-0.05, 0) is 41.7 Å². The molecule has 0 aliphatic heterocycles. The molecule has 1 heterocycles. The average molecular weight is 377 g/mol. The zero-order valence-electron chi connectivity index (χ0n) is 12.3. The maximum atomic E-state index is 11.4. The summed E-state index contributed by atoms with van der Waals surface area (Å²) in [5.41, 5.74) is 0.517. The monoisotopic (exact) mass is 376 g/mol. The standard InChI is InChI=1S/C16H9Cl2N3O4/c17-11-4-2-10(3-5-11)15-19-16(25-20-15)12(18)7-9-1-6-14(22)13(8-9)21(23)24/h1-8,22H/p-1/b12-7-. The van der Waals surface area contributed by atoms with Crippen LogP contribution in [0.5, 0.6) is 5.75 Å². The van der Waals surface area contributed by atoms with Crippen molar-refractivity contribution in [3.63, 3.8) is 0 Å². The minimum Gasteiger partial charge on any atom is -0.868 e. The first-order chi connectivity index (χ1) is 11.9. The molecule has 0 atom stereocenters. The molecular formula is C16H8Cl2N3O4-. The third-order valence-electron chi connectivity index (χ3n) is 3.21. The van der Waals surface area contributed by atoms with Crippen LogP contribution in [-0.4, -0.2) is 15.1 Å². The van der Waals surface area contributed by atoms with E-state index in [1.54, 1.807) is 24.3 Å². The Bertz CT molecular complexity index is 968. The molecule has 1 aromatic heterocycles. The first-order valence-corrected chi connectivity index (χ1v) is 7.62. The number of nitro groups is 1. The number of benzene rings is 2. The topological polar surface area (TPSA) is 105 Å². The number of halogens is 2. The fourth-order valence-electron chi connectivity index (χ4n) is 2.01. The predicted molar refractivity (Wildman–Crippen MR) is 91.0 cm³/mol. The van der Waals surface area contributed by atoms with Crippen molar-refractivity contribution in [3.8, 4) is 17.1 Å². The molecule has 0 spiro atoms. The van der Waals surface area contributed by atoms with Gasteiger partial charge in [0.2, 0.25) is 5.82 Å². The summed E-state index contributed by atoms with van der Waals surface area (Å²) in [4.78, 5) is 14.2. The smallest absolute Gasteiger partial charge is 0.269 e. The molecular weight excluding hydrogens is 369 g/mol. The van der Waals surface area contributed by atoms with Crippen LogP contribution < -0.4 is 5.11 Å². The summed E-state index contributed by atoms with van der Waals surface area (Å²) in [7, 11) is 0. The molecule has 0 aliphatic rings. The van der Waals surface area contributed by atoms with E-state index in [2.05, 4.69) is 10.1 Å². The van der Waals surface area contributed by atoms with E-state index in [0.717, 1.165) is 12.1 Å². The van der Waals surface area contributed by atoms with E-state index < -0.39 is 16.4 Å². The van der Waals surface area contributed by atoms with Crippen molar-refractivity contribution in [2.75, 3.05) is 0 Å². The fourth-order valence-corrected chi connectivity index (χ4v) is 2.34. The van der Waals surface area contributed by atoms with E-state index in [4.69, 9.17) is 27.7 Å². The summed E-state index contributed by atoms with van der Waals surface area (Å²) in [6, 6.07) is 10.5. The summed E-state index contributed by atoms with van der Waals surface area (Å²) in [5, 5.41) is 26.7. The molecule has 3 aromatic rings. The van der Waals surface area contributed by atoms with Crippen molar-refractivity contribution >= 4 is 40.0 Å². The molecule has 0 fully saturated rings. The van der Waals surface area contributed by atoms with Crippen LogP contribution in [0, 0.1) is 10.1 Å². The van der Waals surface area contributed by atoms with Gasteiger partial charge in [0.25, 0.3) is 11.6 Å². The van der Waals surface area contributed by atoms with Gasteiger partial charge in [0.15, 0.2) is 0 Å². The van der Waals surface area contributed by atoms with Crippen LogP contribution in [0.15, 0.2) is 47.0 Å². The van der Waals surface area contributed by atoms with Crippen molar-refractivity contribution in [1.29, 1.82) is 0 Å². The number of aromatic nitrogens is 2. The van der Waals surface area contributed by atoms with Crippen LogP contribution in [-0.2, 0) is 0 Å². The Labute approximate surface area is 151 Å². The molecule has 0 saturated carbocycles. The van der Waals surface area contributed by atoms with E-state index in [1.165, 1.54) is 12.1 Å². The van der Waals surface area contributed by atoms with Crippen LogP contribution in [0.2, 0.25) is 5.02 Å². The lowest BCUT2D eigenvalue weighted by Gasteiger charge is -2.06. The molecule has 0 bridgehead atoms. The van der Waals surface area contributed by atoms with Crippen molar-refractivity contribution in [2.24, 2.45) is 0 Å². The average Bonchev–Trinajstić information content (AvgIpc) is 3.07. The van der Waals surface area contributed by atoms with Gasteiger partial charge in [0.1, 0.15) is 5.03 Å². The quantitative estimate of drug-likeness (QED) is 0.501. The minimum absolute atomic E-state index is 0.0421. The molecule has 7 nitrogen and oxygen atoms in total. The fraction of sp³-hybridized carbons (Fsp3) is 0. The summed E-state index contributed by atoms with van der Waals surface area (Å²) in [6.07, 6.45) is 1.40. The van der Waals surface area contributed by atoms with Crippen LogP contribution in [0.1, 0.15) is 11.5 Å². The van der Waals surface area contributed by atoms with E-state index in [0.29, 0.717) is 22.0 Å². The normalized spacial score (nSPS) is 11.5. The van der Waals surface area contributed by atoms with Gasteiger partial charge in [-0.2, -0.15) is 4.98 Å². The van der Waals surface area contributed by atoms with Gasteiger partial charge in [-0.3, -0.25) is 10.1 Å². The molecule has 9 heteroatoms. The predicted octanol–water partition coefficient (Wildman–Crippen LogP) is 4.11. The van der Waals surface area contributed by atoms with Gasteiger partial charge in [-0.15, -0.1) is 0 Å². The molecule has 0 N–H and O–H groups in total. The van der Waals surface area contributed by atoms with Gasteiger partial charge in [0.05, 0.1) is 4.92 Å². The SMILES string of the molecule is O=[N+]([O-])c1cc(/C=C(\Cl)c2nc(-c3ccc(Cl)cc3)no2)ccc1[O-]. The van der Waals surface area contributed by atoms with Crippen molar-refractivity contribution in [1.82, 2.24) is 10.1 Å². The second-order valence-corrected chi connectivity index (χ2v) is 5.75. The second-order valence-electron chi connectivity index (χ2n) is 4.91. The zero-order chi connectivity index (χ0) is 18.0. The minimum atomic E-state index is -0.751. The van der Waals surface area contributed by atoms with Crippen molar-refractivity contribution in [3.05, 3.63) is 69.1 Å². The Morgan fingerprint density at radius 3 is 2.60 bits per heavy atom. The maximum absolute atomic E-state index is 11.4. The van der Waals surface area contributed by atoms with Gasteiger partial charge >= 0.3 is 0 Å². The lowest BCUT2D eigenvalue weighted by atomic mass is 10.1. The van der Waals surface area contributed by atoms with E-state index >= 15 is 0 Å². The Morgan fingerprint density at radius 1 is 1.20 bits per heavy atom. The van der Waals surface area contributed by atoms with Crippen LogP contribution in [0.3, 0.4) is 0 Å². The highest BCUT2D eigenvalue weighted by molar-refractivity contribution is 6.50. The highest BCUT2D eigenvalue weighted by Crippen LogP contribution is 2.28. The number of hydrogen-bond acceptors (Lipinski definition) is 6. The number of rotatable bonds is 4. The zero-order valence-corrected chi connectivity index (χ0v) is 13.9. The molecule has 2 aromatic carbocycles. The molecule has 0 aliphatic carbocycles. The summed E-state index contributed by atoms with van der Waals surface area (Å²) in [5.74, 6) is -0.319. The van der Waals surface area contributed by atoms with Crippen LogP contribution >= 0.6 is 23.2 Å². The molecule has 0 radical (unpaired) electrons. The van der Waals surface area contributed by atoms with E-state index in [1.807, 2.05) is 0 Å². The maximum Gasteiger partial charge on any atom is 0.269 e. The lowest BCUT2D eigenvalue weighted by Crippen LogP contribution is -1.97. The largest absolute Gasteiger partial charge is 0.868 e. The summed E-state index contributed by atoms with van der Waals surface area (Å²) >= 11 is 12.0. The summed E-state index contributed by atoms with van der Waals surface area (Å²) in [6.45, 7) is 0. The molecule has 0 unspecified atom stereocenters. The molecule has 25 heavy (non-hydrogen) atoms. The highest BCUT2D eigenvalue weighted by Gasteiger charge is 2.13. The molecule has 126 valence electrons. The Kier molecular flexibility index (Phi) is 4.69. The van der Waals surface area contributed by atoms with Crippen LogP contribution in [0.25, 0.3) is 22.5 Å². The third-order valence-corrected chi connectivity index (χ3v) is 3.73. The van der Waals surface area contributed by atoms with Gasteiger partial charge in [-0.1, -0.05) is 40.5 Å². The third kappa shape index (κ3) is 3.78. The van der Waals surface area contributed by atoms with Crippen molar-refractivity contribution in [2.45, 2.75) is 0 Å². The number of nitrogens with zero attached hydrogens (tertiary/aromatic N) is 3. The number of nitro benzene ring substituents is 1. The van der Waals surface area contributed by atoms with E-state index in [9.17, 15) is 15.2 Å². The van der Waals surface area contributed by atoms with E-state index in [-0.39, 0.29) is 10.9 Å². The lowest BCUT2D eigenvalue weighted by molar-refractivity contribution is -0.398. The Hall–Kier alpha value is -2.90. The van der Waals surface area contributed by atoms with Crippen molar-refractivity contribution < 1.29 is 14.6 Å². The van der Waals surface area contributed by atoms with Crippen LogP contribution in [0.4, 0.5) is 5.69 Å². The summed E-state index contributed by atoms with van der Waals surface area (Å²) < 4.78 is 5.09. The highest BCUT2D eigenvalue weighted by atomic mass is 35.5. The first kappa shape index (κ1) is 16.9. The molecule has 0 amide bonds. The Balaban J connectivity index is 1.90. The second kappa shape index (κ2) is 6.92. The van der Waals surface area contributed by atoms with Gasteiger partial charge in [-0.25, -0.2) is 0 Å².